The van der Waals surface area contributed by atoms with Crippen LogP contribution in [0.2, 0.25) is 5.02 Å². The third kappa shape index (κ3) is 4.27. The van der Waals surface area contributed by atoms with Crippen LogP contribution in [0.25, 0.3) is 0 Å². The fourth-order valence-corrected chi connectivity index (χ4v) is 7.06. The SMILES string of the molecule is CC(C)[C@H](C(=O)[C@]1(O)CCN(c2ccc(Cl)cc2)CC1(C)C)N1CCCC12CCC(C(N)=O)C2. The van der Waals surface area contributed by atoms with Crippen LogP contribution in [0.4, 0.5) is 5.69 Å². The van der Waals surface area contributed by atoms with Gasteiger partial charge in [0.2, 0.25) is 5.91 Å². The number of rotatable bonds is 6. The largest absolute Gasteiger partial charge is 0.381 e. The summed E-state index contributed by atoms with van der Waals surface area (Å²) in [5.41, 5.74) is 4.50. The van der Waals surface area contributed by atoms with Crippen LogP contribution in [0.15, 0.2) is 24.3 Å². The van der Waals surface area contributed by atoms with Gasteiger partial charge in [0.05, 0.1) is 6.04 Å². The molecule has 3 aliphatic rings. The number of hydrogen-bond acceptors (Lipinski definition) is 5. The number of anilines is 1. The molecule has 1 aromatic rings. The Bertz CT molecular complexity index is 934. The molecule has 2 heterocycles. The van der Waals surface area contributed by atoms with Gasteiger partial charge in [-0.3, -0.25) is 14.5 Å². The maximum absolute atomic E-state index is 14.3. The average molecular weight is 490 g/mol. The number of Topliss-reactive ketones (excluding diaryl/α,β-unsaturated/α-hetero) is 1. The highest BCUT2D eigenvalue weighted by atomic mass is 35.5. The van der Waals surface area contributed by atoms with Gasteiger partial charge in [0.25, 0.3) is 0 Å². The van der Waals surface area contributed by atoms with E-state index in [9.17, 15) is 14.7 Å². The molecule has 2 saturated heterocycles. The molecule has 6 nitrogen and oxygen atoms in total. The third-order valence-corrected chi connectivity index (χ3v) is 9.17. The van der Waals surface area contributed by atoms with Gasteiger partial charge in [-0.1, -0.05) is 39.3 Å². The summed E-state index contributed by atoms with van der Waals surface area (Å²) in [6.07, 6.45) is 4.79. The molecule has 0 aromatic heterocycles. The number of likely N-dealkylation sites (tertiary alicyclic amines) is 1. The van der Waals surface area contributed by atoms with Crippen molar-refractivity contribution in [3.8, 4) is 0 Å². The van der Waals surface area contributed by atoms with Gasteiger partial charge in [0, 0.05) is 47.1 Å². The van der Waals surface area contributed by atoms with Gasteiger partial charge < -0.3 is 15.7 Å². The van der Waals surface area contributed by atoms with Crippen molar-refractivity contribution in [2.45, 2.75) is 83.4 Å². The Balaban J connectivity index is 1.59. The molecule has 1 spiro atoms. The number of primary amides is 1. The van der Waals surface area contributed by atoms with Crippen LogP contribution in [-0.4, -0.2) is 58.5 Å². The van der Waals surface area contributed by atoms with Crippen LogP contribution in [-0.2, 0) is 9.59 Å². The maximum atomic E-state index is 14.3. The standard InChI is InChI=1S/C27H40ClN3O3/c1-18(2)22(31-14-5-11-26(31)12-10-19(16-26)24(29)33)23(32)27(34)13-15-30(17-25(27,3)4)21-8-6-20(28)7-9-21/h6-9,18-19,22,34H,5,10-17H2,1-4H3,(H2,29,33)/t19?,22-,26?,27-/m1/s1. The highest BCUT2D eigenvalue weighted by molar-refractivity contribution is 6.30. The van der Waals surface area contributed by atoms with E-state index in [0.717, 1.165) is 44.3 Å². The molecule has 1 aromatic carbocycles. The molecule has 188 valence electrons. The van der Waals surface area contributed by atoms with Gasteiger partial charge in [0.15, 0.2) is 5.78 Å². The topological polar surface area (TPSA) is 86.9 Å². The summed E-state index contributed by atoms with van der Waals surface area (Å²) in [4.78, 5) is 30.8. The lowest BCUT2D eigenvalue weighted by Gasteiger charge is -2.53. The first-order valence-electron chi connectivity index (χ1n) is 12.7. The molecular formula is C27H40ClN3O3. The smallest absolute Gasteiger partial charge is 0.220 e. The number of amides is 1. The van der Waals surface area contributed by atoms with Crippen molar-refractivity contribution in [2.75, 3.05) is 24.5 Å². The molecule has 3 fully saturated rings. The summed E-state index contributed by atoms with van der Waals surface area (Å²) in [6, 6.07) is 7.35. The quantitative estimate of drug-likeness (QED) is 0.630. The molecule has 2 aliphatic heterocycles. The Kier molecular flexibility index (Phi) is 6.82. The van der Waals surface area contributed by atoms with Gasteiger partial charge in [-0.2, -0.15) is 0 Å². The first-order chi connectivity index (χ1) is 15.9. The Morgan fingerprint density at radius 2 is 1.79 bits per heavy atom. The summed E-state index contributed by atoms with van der Waals surface area (Å²) >= 11 is 6.06. The number of aliphatic hydroxyl groups is 1. The summed E-state index contributed by atoms with van der Waals surface area (Å²) in [7, 11) is 0. The Morgan fingerprint density at radius 3 is 2.35 bits per heavy atom. The molecule has 3 N–H and O–H groups in total. The molecule has 4 rings (SSSR count). The van der Waals surface area contributed by atoms with Gasteiger partial charge >= 0.3 is 0 Å². The van der Waals surface area contributed by atoms with Crippen LogP contribution in [0.1, 0.15) is 66.2 Å². The summed E-state index contributed by atoms with van der Waals surface area (Å²) in [5.74, 6) is -0.354. The van der Waals surface area contributed by atoms with Gasteiger partial charge in [-0.15, -0.1) is 0 Å². The third-order valence-electron chi connectivity index (χ3n) is 8.92. The van der Waals surface area contributed by atoms with E-state index in [2.05, 4.69) is 23.6 Å². The Morgan fingerprint density at radius 1 is 1.12 bits per heavy atom. The van der Waals surface area contributed by atoms with E-state index in [1.165, 1.54) is 0 Å². The molecule has 2 unspecified atom stereocenters. The lowest BCUT2D eigenvalue weighted by atomic mass is 9.65. The van der Waals surface area contributed by atoms with Crippen LogP contribution < -0.4 is 10.6 Å². The molecule has 1 amide bonds. The van der Waals surface area contributed by atoms with Crippen molar-refractivity contribution in [1.29, 1.82) is 0 Å². The van der Waals surface area contributed by atoms with Crippen molar-refractivity contribution >= 4 is 29.0 Å². The number of nitrogens with zero attached hydrogens (tertiary/aromatic N) is 2. The molecule has 0 radical (unpaired) electrons. The summed E-state index contributed by atoms with van der Waals surface area (Å²) in [5, 5.41) is 12.7. The van der Waals surface area contributed by atoms with Gasteiger partial charge in [-0.05, 0) is 68.8 Å². The van der Waals surface area contributed by atoms with Crippen molar-refractivity contribution in [3.05, 3.63) is 29.3 Å². The van der Waals surface area contributed by atoms with E-state index in [1.807, 2.05) is 38.1 Å². The second-order valence-corrected chi connectivity index (χ2v) is 12.2. The van der Waals surface area contributed by atoms with Crippen LogP contribution in [0.3, 0.4) is 0 Å². The fourth-order valence-electron chi connectivity index (χ4n) is 6.93. The van der Waals surface area contributed by atoms with Crippen molar-refractivity contribution in [3.63, 3.8) is 0 Å². The molecule has 0 bridgehead atoms. The average Bonchev–Trinajstić information content (AvgIpc) is 3.38. The first kappa shape index (κ1) is 25.5. The van der Waals surface area contributed by atoms with Crippen molar-refractivity contribution in [1.82, 2.24) is 4.90 Å². The van der Waals surface area contributed by atoms with Crippen LogP contribution in [0, 0.1) is 17.3 Å². The number of halogens is 1. The van der Waals surface area contributed by atoms with Crippen molar-refractivity contribution < 1.29 is 14.7 Å². The summed E-state index contributed by atoms with van der Waals surface area (Å²) < 4.78 is 0. The van der Waals surface area contributed by atoms with Gasteiger partial charge in [-0.25, -0.2) is 0 Å². The zero-order chi connectivity index (χ0) is 24.9. The van der Waals surface area contributed by atoms with Crippen LogP contribution in [0.5, 0.6) is 0 Å². The number of carbonyl (C=O) groups excluding carboxylic acids is 2. The number of benzene rings is 1. The van der Waals surface area contributed by atoms with Crippen LogP contribution >= 0.6 is 11.6 Å². The normalized spacial score (nSPS) is 32.4. The molecule has 7 heteroatoms. The lowest BCUT2D eigenvalue weighted by molar-refractivity contribution is -0.163. The predicted molar refractivity (Wildman–Crippen MR) is 136 cm³/mol. The first-order valence-corrected chi connectivity index (χ1v) is 13.1. The molecule has 1 aliphatic carbocycles. The fraction of sp³-hybridized carbons (Fsp3) is 0.704. The second kappa shape index (κ2) is 9.11. The lowest BCUT2D eigenvalue weighted by Crippen LogP contribution is -2.67. The minimum atomic E-state index is -1.42. The number of ketones is 1. The zero-order valence-corrected chi connectivity index (χ0v) is 21.8. The molecule has 34 heavy (non-hydrogen) atoms. The minimum Gasteiger partial charge on any atom is -0.381 e. The Labute approximate surface area is 208 Å². The van der Waals surface area contributed by atoms with E-state index in [1.54, 1.807) is 0 Å². The highest BCUT2D eigenvalue weighted by Gasteiger charge is 2.59. The van der Waals surface area contributed by atoms with Crippen molar-refractivity contribution in [2.24, 2.45) is 23.0 Å². The summed E-state index contributed by atoms with van der Waals surface area (Å²) in [6.45, 7) is 10.2. The maximum Gasteiger partial charge on any atom is 0.220 e. The van der Waals surface area contributed by atoms with E-state index >= 15 is 0 Å². The molecule has 4 atom stereocenters. The molecule has 1 saturated carbocycles. The second-order valence-electron chi connectivity index (χ2n) is 11.8. The van der Waals surface area contributed by atoms with Gasteiger partial charge in [0.1, 0.15) is 5.60 Å². The predicted octanol–water partition coefficient (Wildman–Crippen LogP) is 4.02. The highest BCUT2D eigenvalue weighted by Crippen LogP contribution is 2.49. The minimum absolute atomic E-state index is 0.0595. The molecular weight excluding hydrogens is 450 g/mol. The number of nitrogens with two attached hydrogens (primary N) is 1. The number of hydrogen-bond donors (Lipinski definition) is 2. The monoisotopic (exact) mass is 489 g/mol. The zero-order valence-electron chi connectivity index (χ0n) is 21.0. The van der Waals surface area contributed by atoms with E-state index in [0.29, 0.717) is 24.5 Å². The van der Waals surface area contributed by atoms with E-state index in [4.69, 9.17) is 17.3 Å². The van der Waals surface area contributed by atoms with E-state index < -0.39 is 11.0 Å². The van der Waals surface area contributed by atoms with E-state index in [-0.39, 0.29) is 35.1 Å². The Hall–Kier alpha value is -1.63. The number of carbonyl (C=O) groups is 2. The number of piperidine rings is 1.